The fourth-order valence-electron chi connectivity index (χ4n) is 3.27. The molecule has 4 rings (SSSR count). The predicted octanol–water partition coefficient (Wildman–Crippen LogP) is 2.53. The maximum atomic E-state index is 12.8. The van der Waals surface area contributed by atoms with Gasteiger partial charge in [0.25, 0.3) is 0 Å². The average Bonchev–Trinajstić information content (AvgIpc) is 3.40. The van der Waals surface area contributed by atoms with Gasteiger partial charge in [-0.25, -0.2) is 4.79 Å². The van der Waals surface area contributed by atoms with Gasteiger partial charge in [0.2, 0.25) is 5.91 Å². The van der Waals surface area contributed by atoms with Gasteiger partial charge in [-0.05, 0) is 48.5 Å². The van der Waals surface area contributed by atoms with Gasteiger partial charge in [0.15, 0.2) is 0 Å². The van der Waals surface area contributed by atoms with Crippen molar-refractivity contribution in [2.45, 2.75) is 18.6 Å². The summed E-state index contributed by atoms with van der Waals surface area (Å²) in [7, 11) is 0. The summed E-state index contributed by atoms with van der Waals surface area (Å²) >= 11 is 5.86. The van der Waals surface area contributed by atoms with Crippen LogP contribution in [0.1, 0.15) is 6.42 Å². The topological polar surface area (TPSA) is 112 Å². The summed E-state index contributed by atoms with van der Waals surface area (Å²) in [6.07, 6.45) is 2.54. The minimum atomic E-state index is -0.792. The van der Waals surface area contributed by atoms with Gasteiger partial charge in [-0.15, -0.1) is 0 Å². The van der Waals surface area contributed by atoms with Crippen molar-refractivity contribution in [3.8, 4) is 5.69 Å². The van der Waals surface area contributed by atoms with E-state index in [0.29, 0.717) is 16.4 Å². The summed E-state index contributed by atoms with van der Waals surface area (Å²) in [6, 6.07) is 12.4. The normalized spacial score (nSPS) is 18.3. The van der Waals surface area contributed by atoms with Crippen LogP contribution in [0.5, 0.6) is 0 Å². The predicted molar refractivity (Wildman–Crippen MR) is 112 cm³/mol. The molecule has 0 aliphatic carbocycles. The molecule has 0 unspecified atom stereocenters. The van der Waals surface area contributed by atoms with Crippen LogP contribution in [0, 0.1) is 0 Å². The highest BCUT2D eigenvalue weighted by Gasteiger charge is 2.39. The summed E-state index contributed by atoms with van der Waals surface area (Å²) < 4.78 is 0. The van der Waals surface area contributed by atoms with Crippen LogP contribution in [-0.4, -0.2) is 55.6 Å². The third-order valence-corrected chi connectivity index (χ3v) is 4.97. The molecule has 1 aliphatic rings. The molecule has 1 saturated heterocycles. The summed E-state index contributed by atoms with van der Waals surface area (Å²) in [5, 5.41) is 24.2. The van der Waals surface area contributed by atoms with Gasteiger partial charge in [0.1, 0.15) is 6.04 Å². The minimum absolute atomic E-state index is 0.0708. The first-order chi connectivity index (χ1) is 14.5. The summed E-state index contributed by atoms with van der Waals surface area (Å²) in [4.78, 5) is 28.2. The smallest absolute Gasteiger partial charge is 0.322 e. The molecule has 1 fully saturated rings. The molecule has 2 heterocycles. The minimum Gasteiger partial charge on any atom is -0.391 e. The van der Waals surface area contributed by atoms with E-state index >= 15 is 0 Å². The number of carbonyl (C=O) groups excluding carboxylic acids is 2. The highest BCUT2D eigenvalue weighted by molar-refractivity contribution is 6.30. The van der Waals surface area contributed by atoms with Gasteiger partial charge in [-0.3, -0.25) is 4.79 Å². The number of aromatic nitrogens is 3. The molecule has 3 aromatic rings. The number of hydrogen-bond acceptors (Lipinski definition) is 5. The number of hydrogen-bond donors (Lipinski definition) is 3. The van der Waals surface area contributed by atoms with E-state index in [4.69, 9.17) is 11.6 Å². The first-order valence-corrected chi connectivity index (χ1v) is 9.66. The summed E-state index contributed by atoms with van der Waals surface area (Å²) in [5.41, 5.74) is 1.86. The van der Waals surface area contributed by atoms with Crippen LogP contribution < -0.4 is 10.6 Å². The maximum absolute atomic E-state index is 12.8. The third-order valence-electron chi connectivity index (χ3n) is 4.72. The van der Waals surface area contributed by atoms with Gasteiger partial charge in [0, 0.05) is 29.4 Å². The van der Waals surface area contributed by atoms with Crippen molar-refractivity contribution in [1.82, 2.24) is 19.9 Å². The Morgan fingerprint density at radius 2 is 1.57 bits per heavy atom. The molecule has 2 atom stereocenters. The molecule has 30 heavy (non-hydrogen) atoms. The van der Waals surface area contributed by atoms with E-state index in [0.717, 1.165) is 5.69 Å². The fraction of sp³-hybridized carbons (Fsp3) is 0.200. The second kappa shape index (κ2) is 8.52. The quantitative estimate of drug-likeness (QED) is 0.593. The average molecular weight is 427 g/mol. The maximum Gasteiger partial charge on any atom is 0.322 e. The van der Waals surface area contributed by atoms with Crippen LogP contribution in [0.2, 0.25) is 5.02 Å². The number of amides is 3. The first kappa shape index (κ1) is 19.9. The monoisotopic (exact) mass is 426 g/mol. The largest absolute Gasteiger partial charge is 0.391 e. The van der Waals surface area contributed by atoms with Crippen molar-refractivity contribution in [2.75, 3.05) is 17.2 Å². The Morgan fingerprint density at radius 3 is 2.23 bits per heavy atom. The molecule has 2 aromatic carbocycles. The van der Waals surface area contributed by atoms with Crippen LogP contribution >= 0.6 is 11.6 Å². The lowest BCUT2D eigenvalue weighted by Crippen LogP contribution is -2.45. The molecule has 0 spiro atoms. The molecular formula is C20H19ClN6O3. The van der Waals surface area contributed by atoms with Gasteiger partial charge >= 0.3 is 6.03 Å². The molecule has 1 aromatic heterocycles. The van der Waals surface area contributed by atoms with Crippen LogP contribution in [0.4, 0.5) is 16.2 Å². The van der Waals surface area contributed by atoms with Crippen molar-refractivity contribution in [3.63, 3.8) is 0 Å². The molecule has 9 nitrogen and oxygen atoms in total. The number of likely N-dealkylation sites (tertiary alicyclic amines) is 1. The number of aliphatic hydroxyl groups excluding tert-OH is 1. The Bertz CT molecular complexity index is 1020. The Labute approximate surface area is 177 Å². The Morgan fingerprint density at radius 1 is 0.967 bits per heavy atom. The third kappa shape index (κ3) is 4.42. The lowest BCUT2D eigenvalue weighted by molar-refractivity contribution is -0.119. The molecule has 154 valence electrons. The van der Waals surface area contributed by atoms with Gasteiger partial charge < -0.3 is 20.6 Å². The lowest BCUT2D eigenvalue weighted by atomic mass is 10.2. The summed E-state index contributed by atoms with van der Waals surface area (Å²) in [6.45, 7) is 0.0708. The van der Waals surface area contributed by atoms with Crippen LogP contribution in [0.3, 0.4) is 0 Å². The zero-order valence-electron chi connectivity index (χ0n) is 15.8. The molecular weight excluding hydrogens is 408 g/mol. The van der Waals surface area contributed by atoms with Crippen LogP contribution in [0.15, 0.2) is 60.9 Å². The number of nitrogens with one attached hydrogen (secondary N) is 2. The van der Waals surface area contributed by atoms with Crippen molar-refractivity contribution in [1.29, 1.82) is 0 Å². The SMILES string of the molecule is O=C(Nc1ccc(-n2nccn2)cc1)[C@H]1C[C@@H](O)CN1C(=O)Nc1ccc(Cl)cc1. The second-order valence-corrected chi connectivity index (χ2v) is 7.29. The van der Waals surface area contributed by atoms with Gasteiger partial charge in [-0.1, -0.05) is 11.6 Å². The number of aliphatic hydroxyl groups is 1. The molecule has 0 saturated carbocycles. The number of benzene rings is 2. The van der Waals surface area contributed by atoms with Gasteiger partial charge in [0.05, 0.1) is 24.2 Å². The fourth-order valence-corrected chi connectivity index (χ4v) is 3.39. The van der Waals surface area contributed by atoms with E-state index in [1.165, 1.54) is 9.70 Å². The highest BCUT2D eigenvalue weighted by atomic mass is 35.5. The van der Waals surface area contributed by atoms with Crippen molar-refractivity contribution in [3.05, 3.63) is 65.9 Å². The molecule has 0 bridgehead atoms. The second-order valence-electron chi connectivity index (χ2n) is 6.85. The van der Waals surface area contributed by atoms with Crippen molar-refractivity contribution < 1.29 is 14.7 Å². The zero-order chi connectivity index (χ0) is 21.1. The lowest BCUT2D eigenvalue weighted by Gasteiger charge is -2.24. The van der Waals surface area contributed by atoms with Gasteiger partial charge in [-0.2, -0.15) is 15.0 Å². The standard InChI is InChI=1S/C20H19ClN6O3/c21-13-1-3-15(4-2-13)25-20(30)26-12-17(28)11-18(26)19(29)24-14-5-7-16(8-6-14)27-22-9-10-23-27/h1-10,17-18,28H,11-12H2,(H,24,29)(H,25,30)/t17-,18-/m1/s1. The number of urea groups is 1. The molecule has 3 amide bonds. The highest BCUT2D eigenvalue weighted by Crippen LogP contribution is 2.22. The zero-order valence-corrected chi connectivity index (χ0v) is 16.5. The molecule has 10 heteroatoms. The Kier molecular flexibility index (Phi) is 5.64. The number of carbonyl (C=O) groups is 2. The van der Waals surface area contributed by atoms with Crippen LogP contribution in [-0.2, 0) is 4.79 Å². The van der Waals surface area contributed by atoms with E-state index in [1.54, 1.807) is 60.9 Å². The van der Waals surface area contributed by atoms with E-state index < -0.39 is 18.2 Å². The number of rotatable bonds is 4. The van der Waals surface area contributed by atoms with E-state index in [-0.39, 0.29) is 18.9 Å². The summed E-state index contributed by atoms with van der Waals surface area (Å²) in [5.74, 6) is -0.372. The molecule has 0 radical (unpaired) electrons. The number of halogens is 1. The first-order valence-electron chi connectivity index (χ1n) is 9.28. The van der Waals surface area contributed by atoms with E-state index in [1.807, 2.05) is 0 Å². The van der Waals surface area contributed by atoms with E-state index in [9.17, 15) is 14.7 Å². The van der Waals surface area contributed by atoms with Crippen molar-refractivity contribution >= 4 is 34.9 Å². The van der Waals surface area contributed by atoms with Crippen molar-refractivity contribution in [2.24, 2.45) is 0 Å². The Balaban J connectivity index is 1.42. The Hall–Kier alpha value is -3.43. The molecule has 3 N–H and O–H groups in total. The molecule has 1 aliphatic heterocycles. The number of anilines is 2. The van der Waals surface area contributed by atoms with Crippen LogP contribution in [0.25, 0.3) is 5.69 Å². The van der Waals surface area contributed by atoms with E-state index in [2.05, 4.69) is 20.8 Å². The number of nitrogens with zero attached hydrogens (tertiary/aromatic N) is 4. The number of β-amino-alcohol motifs (C(OH)–C–C–N with tert-alkyl or cyclic N) is 1.